The van der Waals surface area contributed by atoms with Gasteiger partial charge in [0.25, 0.3) is 0 Å². The van der Waals surface area contributed by atoms with E-state index >= 15 is 0 Å². The molecule has 0 aromatic heterocycles. The number of nitrogens with one attached hydrogen (secondary N) is 4. The summed E-state index contributed by atoms with van der Waals surface area (Å²) in [6.45, 7) is 36.8. The SMILES string of the molecule is CC(=O)NC1CC(C)(C)N(O)C(C)(C)C1.CC(=O)NC1CC(C)(C)NC(C)(C)C1.CC1(C)CC(N)CC(C)(C)N1.CC1(C)CC(N)CC(C)(C)N1O. The van der Waals surface area contributed by atoms with E-state index in [9.17, 15) is 20.0 Å². The lowest BCUT2D eigenvalue weighted by molar-refractivity contribution is -0.246. The zero-order chi connectivity index (χ0) is 41.1. The van der Waals surface area contributed by atoms with Crippen LogP contribution in [0.3, 0.4) is 0 Å². The van der Waals surface area contributed by atoms with Crippen LogP contribution in [0.5, 0.6) is 0 Å². The van der Waals surface area contributed by atoms with Crippen LogP contribution in [-0.4, -0.2) is 101 Å². The standard InChI is InChI=1S/C11H22N2O2.C11H22N2O.C9H20N2O.C9H20N2/c1-8(14)12-9-6-10(2,3)13(15)11(4,5)7-9;1-8(14)12-9-6-10(2,3)13-11(4,5)7-9;1-8(2)5-7(10)6-9(3,4)11(8)12;1-8(2)5-7(10)6-9(3,4)11-8/h9,15H,6-7H2,1-5H3,(H,12,14);9,13H,6-7H2,1-5H3,(H,12,14);7,12H,5-6,10H2,1-4H3;7,11H,5-6,10H2,1-4H3. The molecule has 0 saturated carbocycles. The number of carbonyl (C=O) groups is 2. The molecule has 0 radical (unpaired) electrons. The molecule has 0 aromatic carbocycles. The molecular formula is C40H84N8O4. The summed E-state index contributed by atoms with van der Waals surface area (Å²) in [5.74, 6) is 0.0708. The van der Waals surface area contributed by atoms with Gasteiger partial charge in [-0.2, -0.15) is 10.1 Å². The summed E-state index contributed by atoms with van der Waals surface area (Å²) in [7, 11) is 0. The van der Waals surface area contributed by atoms with Gasteiger partial charge in [0.2, 0.25) is 11.8 Å². The van der Waals surface area contributed by atoms with Crippen molar-refractivity contribution in [2.75, 3.05) is 0 Å². The number of hydrogen-bond acceptors (Lipinski definition) is 10. The second-order valence-corrected chi connectivity index (χ2v) is 21.6. The second-order valence-electron chi connectivity index (χ2n) is 21.6. The van der Waals surface area contributed by atoms with Gasteiger partial charge < -0.3 is 43.1 Å². The first kappa shape index (κ1) is 48.6. The summed E-state index contributed by atoms with van der Waals surface area (Å²) in [4.78, 5) is 22.0. The largest absolute Gasteiger partial charge is 0.353 e. The molecule has 4 rings (SSSR count). The molecule has 52 heavy (non-hydrogen) atoms. The van der Waals surface area contributed by atoms with E-state index in [2.05, 4.69) is 76.7 Å². The molecule has 12 nitrogen and oxygen atoms in total. The Labute approximate surface area is 318 Å². The highest BCUT2D eigenvalue weighted by atomic mass is 16.5. The molecule has 308 valence electrons. The van der Waals surface area contributed by atoms with Crippen LogP contribution in [0, 0.1) is 0 Å². The Kier molecular flexibility index (Phi) is 16.1. The van der Waals surface area contributed by atoms with Crippen molar-refractivity contribution in [1.29, 1.82) is 0 Å². The lowest BCUT2D eigenvalue weighted by Gasteiger charge is -2.51. The number of hydrogen-bond donors (Lipinski definition) is 8. The Bertz CT molecular complexity index is 1110. The second kappa shape index (κ2) is 17.2. The first-order valence-corrected chi connectivity index (χ1v) is 19.5. The molecular weight excluding hydrogens is 656 g/mol. The van der Waals surface area contributed by atoms with Gasteiger partial charge in [-0.1, -0.05) is 0 Å². The van der Waals surface area contributed by atoms with E-state index < -0.39 is 0 Å². The molecule has 0 aliphatic carbocycles. The van der Waals surface area contributed by atoms with E-state index in [4.69, 9.17) is 11.5 Å². The highest BCUT2D eigenvalue weighted by Crippen LogP contribution is 2.37. The highest BCUT2D eigenvalue weighted by molar-refractivity contribution is 5.73. The molecule has 12 heteroatoms. The van der Waals surface area contributed by atoms with Crippen molar-refractivity contribution in [3.63, 3.8) is 0 Å². The van der Waals surface area contributed by atoms with Gasteiger partial charge in [-0.15, -0.1) is 0 Å². The maximum Gasteiger partial charge on any atom is 0.217 e. The van der Waals surface area contributed by atoms with Crippen LogP contribution >= 0.6 is 0 Å². The summed E-state index contributed by atoms with van der Waals surface area (Å²) in [5.41, 5.74) is 11.5. The number of carbonyl (C=O) groups excluding carboxylic acids is 2. The molecule has 0 unspecified atom stereocenters. The third-order valence-corrected chi connectivity index (χ3v) is 10.5. The molecule has 4 heterocycles. The number of hydroxylamine groups is 4. The summed E-state index contributed by atoms with van der Waals surface area (Å²) < 4.78 is 0. The van der Waals surface area contributed by atoms with Gasteiger partial charge in [-0.05, 0) is 162 Å². The van der Waals surface area contributed by atoms with E-state index in [-0.39, 0.29) is 68.2 Å². The maximum absolute atomic E-state index is 11.0. The highest BCUT2D eigenvalue weighted by Gasteiger charge is 2.46. The van der Waals surface area contributed by atoms with Crippen LogP contribution in [0.25, 0.3) is 0 Å². The molecule has 0 spiro atoms. The summed E-state index contributed by atoms with van der Waals surface area (Å²) in [5, 5.41) is 35.9. The van der Waals surface area contributed by atoms with Crippen molar-refractivity contribution in [3.8, 4) is 0 Å². The van der Waals surface area contributed by atoms with Crippen LogP contribution in [0.2, 0.25) is 0 Å². The van der Waals surface area contributed by atoms with Crippen LogP contribution in [0.4, 0.5) is 0 Å². The fourth-order valence-electron chi connectivity index (χ4n) is 10.1. The lowest BCUT2D eigenvalue weighted by Crippen LogP contribution is -2.62. The van der Waals surface area contributed by atoms with Crippen LogP contribution in [0.1, 0.15) is 176 Å². The zero-order valence-corrected chi connectivity index (χ0v) is 36.7. The molecule has 0 bridgehead atoms. The van der Waals surface area contributed by atoms with Crippen molar-refractivity contribution in [2.45, 2.75) is 244 Å². The minimum atomic E-state index is -0.297. The fourth-order valence-corrected chi connectivity index (χ4v) is 10.1. The van der Waals surface area contributed by atoms with Gasteiger partial charge in [-0.25, -0.2) is 0 Å². The third-order valence-electron chi connectivity index (χ3n) is 10.5. The minimum absolute atomic E-state index is 0.00186. The average molecular weight is 741 g/mol. The van der Waals surface area contributed by atoms with E-state index in [1.54, 1.807) is 6.92 Å². The smallest absolute Gasteiger partial charge is 0.217 e. The van der Waals surface area contributed by atoms with E-state index in [1.165, 1.54) is 17.1 Å². The van der Waals surface area contributed by atoms with Gasteiger partial charge in [0.1, 0.15) is 0 Å². The Balaban J connectivity index is 0.000000349. The number of nitrogens with zero attached hydrogens (tertiary/aromatic N) is 2. The van der Waals surface area contributed by atoms with Gasteiger partial charge in [0.05, 0.1) is 0 Å². The number of rotatable bonds is 2. The monoisotopic (exact) mass is 741 g/mol. The zero-order valence-electron chi connectivity index (χ0n) is 36.7. The first-order valence-electron chi connectivity index (χ1n) is 19.5. The number of piperidine rings is 4. The number of nitrogens with two attached hydrogens (primary N) is 2. The van der Waals surface area contributed by atoms with E-state index in [0.29, 0.717) is 12.1 Å². The molecule has 4 aliphatic heterocycles. The molecule has 0 atom stereocenters. The molecule has 0 aromatic rings. The van der Waals surface area contributed by atoms with Crippen molar-refractivity contribution in [2.24, 2.45) is 11.5 Å². The quantitative estimate of drug-likeness (QED) is 0.178. The Morgan fingerprint density at radius 3 is 0.981 bits per heavy atom. The summed E-state index contributed by atoms with van der Waals surface area (Å²) in [6, 6.07) is 1.02. The topological polar surface area (TPSA) is 181 Å². The minimum Gasteiger partial charge on any atom is -0.353 e. The maximum atomic E-state index is 11.0. The Hall–Kier alpha value is -1.38. The first-order chi connectivity index (χ1) is 22.9. The Morgan fingerprint density at radius 2 is 0.712 bits per heavy atom. The fraction of sp³-hybridized carbons (Fsp3) is 0.950. The van der Waals surface area contributed by atoms with Gasteiger partial charge in [0.15, 0.2) is 0 Å². The molecule has 2 amide bonds. The summed E-state index contributed by atoms with van der Waals surface area (Å²) >= 11 is 0. The van der Waals surface area contributed by atoms with Crippen LogP contribution < -0.4 is 32.7 Å². The van der Waals surface area contributed by atoms with Gasteiger partial charge in [-0.3, -0.25) is 9.59 Å². The normalized spacial score (nSPS) is 28.0. The number of amides is 2. The van der Waals surface area contributed by atoms with Crippen molar-refractivity contribution < 1.29 is 20.0 Å². The lowest BCUT2D eigenvalue weighted by atomic mass is 9.79. The van der Waals surface area contributed by atoms with Crippen LogP contribution in [0.15, 0.2) is 0 Å². The molecule has 4 saturated heterocycles. The predicted molar refractivity (Wildman–Crippen MR) is 214 cm³/mol. The van der Waals surface area contributed by atoms with Crippen LogP contribution in [-0.2, 0) is 9.59 Å². The van der Waals surface area contributed by atoms with Crippen molar-refractivity contribution >= 4 is 11.8 Å². The molecule has 4 aliphatic rings. The van der Waals surface area contributed by atoms with Crippen molar-refractivity contribution in [1.82, 2.24) is 31.4 Å². The third kappa shape index (κ3) is 16.2. The van der Waals surface area contributed by atoms with E-state index in [0.717, 1.165) is 51.4 Å². The Morgan fingerprint density at radius 1 is 0.481 bits per heavy atom. The molecule has 4 fully saturated rings. The van der Waals surface area contributed by atoms with Crippen molar-refractivity contribution in [3.05, 3.63) is 0 Å². The molecule has 10 N–H and O–H groups in total. The van der Waals surface area contributed by atoms with Gasteiger partial charge in [0, 0.05) is 82.3 Å². The summed E-state index contributed by atoms with van der Waals surface area (Å²) in [6.07, 6.45) is 7.40. The average Bonchev–Trinajstić information content (AvgIpc) is 2.81. The van der Waals surface area contributed by atoms with Gasteiger partial charge >= 0.3 is 0 Å². The van der Waals surface area contributed by atoms with E-state index in [1.807, 2.05) is 55.4 Å². The predicted octanol–water partition coefficient (Wildman–Crippen LogP) is 5.58.